The van der Waals surface area contributed by atoms with Gasteiger partial charge in [-0.3, -0.25) is 4.98 Å². The molecule has 0 bridgehead atoms. The Kier molecular flexibility index (Phi) is 3.71. The first-order chi connectivity index (χ1) is 11.0. The summed E-state index contributed by atoms with van der Waals surface area (Å²) in [6.07, 6.45) is 6.02. The normalized spacial score (nSPS) is 17.3. The lowest BCUT2D eigenvalue weighted by Gasteiger charge is -2.30. The Morgan fingerprint density at radius 2 is 2.04 bits per heavy atom. The highest BCUT2D eigenvalue weighted by atomic mass is 16.6. The van der Waals surface area contributed by atoms with Crippen molar-refractivity contribution in [2.24, 2.45) is 0 Å². The molecule has 3 rings (SSSR count). The van der Waals surface area contributed by atoms with Crippen LogP contribution in [0.2, 0.25) is 0 Å². The lowest BCUT2D eigenvalue weighted by atomic mass is 9.91. The molecule has 0 atom stereocenters. The predicted molar refractivity (Wildman–Crippen MR) is 88.2 cm³/mol. The number of carbonyl (C=O) groups excluding carboxylic acids is 1. The van der Waals surface area contributed by atoms with E-state index in [0.717, 1.165) is 16.5 Å². The molecule has 1 aliphatic heterocycles. The van der Waals surface area contributed by atoms with Gasteiger partial charge >= 0.3 is 5.97 Å². The number of carbonyl (C=O) groups is 1. The van der Waals surface area contributed by atoms with E-state index in [1.165, 1.54) is 0 Å². The molecule has 0 N–H and O–H groups in total. The number of rotatable bonds is 2. The standard InChI is InChI=1S/C19H16N2O2/c1-19(2)11-14(16(12-20)18(22)23-19)8-7-13-9-10-21-17-6-4-3-5-15(13)17/h3-10H,11H2,1-2H3/b8-7+. The van der Waals surface area contributed by atoms with E-state index in [2.05, 4.69) is 4.98 Å². The summed E-state index contributed by atoms with van der Waals surface area (Å²) in [5.74, 6) is -0.553. The summed E-state index contributed by atoms with van der Waals surface area (Å²) in [4.78, 5) is 16.3. The number of allylic oxidation sites excluding steroid dienone is 1. The minimum absolute atomic E-state index is 0.0823. The SMILES string of the molecule is CC1(C)CC(/C=C/c2ccnc3ccccc23)=C(C#N)C(=O)O1. The van der Waals surface area contributed by atoms with Gasteiger partial charge in [-0.2, -0.15) is 5.26 Å². The molecule has 0 amide bonds. The monoisotopic (exact) mass is 304 g/mol. The largest absolute Gasteiger partial charge is 0.455 e. The van der Waals surface area contributed by atoms with Crippen LogP contribution in [-0.2, 0) is 9.53 Å². The highest BCUT2D eigenvalue weighted by molar-refractivity contribution is 5.96. The Labute approximate surface area is 134 Å². The molecule has 0 spiro atoms. The number of hydrogen-bond acceptors (Lipinski definition) is 4. The number of benzene rings is 1. The zero-order valence-electron chi connectivity index (χ0n) is 13.0. The van der Waals surface area contributed by atoms with Crippen LogP contribution < -0.4 is 0 Å². The Morgan fingerprint density at radius 3 is 2.83 bits per heavy atom. The van der Waals surface area contributed by atoms with E-state index in [-0.39, 0.29) is 5.57 Å². The summed E-state index contributed by atoms with van der Waals surface area (Å²) in [6.45, 7) is 3.68. The van der Waals surface area contributed by atoms with Gasteiger partial charge < -0.3 is 4.74 Å². The van der Waals surface area contributed by atoms with Crippen molar-refractivity contribution in [1.82, 2.24) is 4.98 Å². The summed E-state index contributed by atoms with van der Waals surface area (Å²) in [5, 5.41) is 10.2. The first kappa shape index (κ1) is 15.0. The lowest BCUT2D eigenvalue weighted by molar-refractivity contribution is -0.152. The maximum atomic E-state index is 11.9. The second-order valence-corrected chi connectivity index (χ2v) is 6.09. The average molecular weight is 304 g/mol. The van der Waals surface area contributed by atoms with Crippen molar-refractivity contribution in [1.29, 1.82) is 5.26 Å². The number of aromatic nitrogens is 1. The fourth-order valence-electron chi connectivity index (χ4n) is 2.73. The van der Waals surface area contributed by atoms with Crippen molar-refractivity contribution in [3.8, 4) is 6.07 Å². The first-order valence-electron chi connectivity index (χ1n) is 7.38. The molecule has 0 aliphatic carbocycles. The molecular formula is C19H16N2O2. The third-order valence-corrected chi connectivity index (χ3v) is 3.77. The molecule has 114 valence electrons. The number of cyclic esters (lactones) is 1. The molecule has 1 aliphatic rings. The summed E-state index contributed by atoms with van der Waals surface area (Å²) < 4.78 is 5.27. The van der Waals surface area contributed by atoms with Crippen LogP contribution in [0.25, 0.3) is 17.0 Å². The maximum Gasteiger partial charge on any atom is 0.349 e. The molecule has 2 aromatic rings. The Morgan fingerprint density at radius 1 is 1.26 bits per heavy atom. The third-order valence-electron chi connectivity index (χ3n) is 3.77. The van der Waals surface area contributed by atoms with Crippen LogP contribution >= 0.6 is 0 Å². The van der Waals surface area contributed by atoms with Crippen LogP contribution in [0, 0.1) is 11.3 Å². The quantitative estimate of drug-likeness (QED) is 0.792. The molecule has 0 saturated carbocycles. The molecule has 23 heavy (non-hydrogen) atoms. The van der Waals surface area contributed by atoms with Gasteiger partial charge in [-0.1, -0.05) is 30.4 Å². The van der Waals surface area contributed by atoms with E-state index in [9.17, 15) is 10.1 Å². The molecule has 0 unspecified atom stereocenters. The van der Waals surface area contributed by atoms with Crippen molar-refractivity contribution in [3.05, 3.63) is 59.3 Å². The molecule has 2 heterocycles. The molecule has 4 heteroatoms. The molecule has 0 fully saturated rings. The summed E-state index contributed by atoms with van der Waals surface area (Å²) in [6, 6.07) is 11.7. The highest BCUT2D eigenvalue weighted by Gasteiger charge is 2.33. The van der Waals surface area contributed by atoms with Crippen molar-refractivity contribution in [2.75, 3.05) is 0 Å². The van der Waals surface area contributed by atoms with E-state index >= 15 is 0 Å². The number of ether oxygens (including phenoxy) is 1. The molecular weight excluding hydrogens is 288 g/mol. The topological polar surface area (TPSA) is 63.0 Å². The van der Waals surface area contributed by atoms with Gasteiger partial charge in [-0.15, -0.1) is 0 Å². The fourth-order valence-corrected chi connectivity index (χ4v) is 2.73. The second kappa shape index (κ2) is 5.69. The van der Waals surface area contributed by atoms with Gasteiger partial charge in [0, 0.05) is 18.0 Å². The second-order valence-electron chi connectivity index (χ2n) is 6.09. The molecule has 4 nitrogen and oxygen atoms in total. The van der Waals surface area contributed by atoms with Crippen LogP contribution in [-0.4, -0.2) is 16.6 Å². The number of pyridine rings is 1. The van der Waals surface area contributed by atoms with Crippen molar-refractivity contribution < 1.29 is 9.53 Å². The van der Waals surface area contributed by atoms with Crippen molar-refractivity contribution in [2.45, 2.75) is 25.9 Å². The number of nitrogens with zero attached hydrogens (tertiary/aromatic N) is 2. The van der Waals surface area contributed by atoms with Gasteiger partial charge in [0.15, 0.2) is 0 Å². The number of nitriles is 1. The van der Waals surface area contributed by atoms with Gasteiger partial charge in [0.2, 0.25) is 0 Å². The summed E-state index contributed by atoms with van der Waals surface area (Å²) >= 11 is 0. The van der Waals surface area contributed by atoms with E-state index in [4.69, 9.17) is 4.74 Å². The Bertz CT molecular complexity index is 880. The van der Waals surface area contributed by atoms with Crippen LogP contribution in [0.5, 0.6) is 0 Å². The van der Waals surface area contributed by atoms with Gasteiger partial charge in [-0.25, -0.2) is 4.79 Å². The first-order valence-corrected chi connectivity index (χ1v) is 7.38. The van der Waals surface area contributed by atoms with Crippen molar-refractivity contribution in [3.63, 3.8) is 0 Å². The van der Waals surface area contributed by atoms with Gasteiger partial charge in [0.25, 0.3) is 0 Å². The number of hydrogen-bond donors (Lipinski definition) is 0. The van der Waals surface area contributed by atoms with Gasteiger partial charge in [-0.05, 0) is 37.1 Å². The average Bonchev–Trinajstić information content (AvgIpc) is 2.51. The minimum atomic E-state index is -0.600. The van der Waals surface area contributed by atoms with Gasteiger partial charge in [0.1, 0.15) is 17.2 Å². The number of para-hydroxylation sites is 1. The molecule has 1 aromatic carbocycles. The smallest absolute Gasteiger partial charge is 0.349 e. The Hall–Kier alpha value is -2.93. The van der Waals surface area contributed by atoms with Crippen LogP contribution in [0.3, 0.4) is 0 Å². The fraction of sp³-hybridized carbons (Fsp3) is 0.211. The predicted octanol–water partition coefficient (Wildman–Crippen LogP) is 3.79. The highest BCUT2D eigenvalue weighted by Crippen LogP contribution is 2.31. The van der Waals surface area contributed by atoms with E-state index in [0.29, 0.717) is 12.0 Å². The van der Waals surface area contributed by atoms with Crippen molar-refractivity contribution >= 4 is 22.9 Å². The summed E-state index contributed by atoms with van der Waals surface area (Å²) in [5.41, 5.74) is 2.09. The zero-order chi connectivity index (χ0) is 16.4. The van der Waals surface area contributed by atoms with Gasteiger partial charge in [0.05, 0.1) is 5.52 Å². The number of fused-ring (bicyclic) bond motifs is 1. The van der Waals surface area contributed by atoms with E-state index in [1.54, 1.807) is 6.20 Å². The molecule has 0 radical (unpaired) electrons. The maximum absolute atomic E-state index is 11.9. The van der Waals surface area contributed by atoms with Crippen LogP contribution in [0.4, 0.5) is 0 Å². The lowest BCUT2D eigenvalue weighted by Crippen LogP contribution is -2.33. The van der Waals surface area contributed by atoms with E-state index in [1.807, 2.05) is 62.4 Å². The Balaban J connectivity index is 2.04. The minimum Gasteiger partial charge on any atom is -0.455 e. The zero-order valence-corrected chi connectivity index (χ0v) is 13.0. The van der Waals surface area contributed by atoms with Crippen LogP contribution in [0.15, 0.2) is 53.8 Å². The van der Waals surface area contributed by atoms with E-state index < -0.39 is 11.6 Å². The molecule has 0 saturated heterocycles. The summed E-state index contributed by atoms with van der Waals surface area (Å²) in [7, 11) is 0. The third kappa shape index (κ3) is 3.00. The molecule has 1 aromatic heterocycles. The van der Waals surface area contributed by atoms with Crippen LogP contribution in [0.1, 0.15) is 25.8 Å². The number of esters is 1.